The molecule has 0 N–H and O–H groups in total. The highest BCUT2D eigenvalue weighted by atomic mass is 19.1. The first kappa shape index (κ1) is 15.6. The van der Waals surface area contributed by atoms with E-state index in [1.807, 2.05) is 30.3 Å². The van der Waals surface area contributed by atoms with E-state index in [1.54, 1.807) is 24.5 Å². The predicted octanol–water partition coefficient (Wildman–Crippen LogP) is 3.83. The van der Waals surface area contributed by atoms with Crippen LogP contribution in [0, 0.1) is 5.82 Å². The van der Waals surface area contributed by atoms with Crippen molar-refractivity contribution in [1.29, 1.82) is 0 Å². The Hall–Kier alpha value is -3.34. The van der Waals surface area contributed by atoms with E-state index < -0.39 is 11.8 Å². The Morgan fingerprint density at radius 2 is 1.46 bits per heavy atom. The van der Waals surface area contributed by atoms with Gasteiger partial charge in [-0.3, -0.25) is 4.98 Å². The maximum absolute atomic E-state index is 12.9. The molecule has 1 aromatic heterocycles. The molecule has 0 fully saturated rings. The molecule has 0 aliphatic heterocycles. The number of benzene rings is 2. The van der Waals surface area contributed by atoms with Crippen LogP contribution in [-0.2, 0) is 4.84 Å². The lowest BCUT2D eigenvalue weighted by Crippen LogP contribution is -2.08. The van der Waals surface area contributed by atoms with Gasteiger partial charge in [0.2, 0.25) is 0 Å². The minimum atomic E-state index is -0.655. The van der Waals surface area contributed by atoms with Crippen LogP contribution in [0.1, 0.15) is 21.5 Å². The summed E-state index contributed by atoms with van der Waals surface area (Å²) in [7, 11) is 0. The van der Waals surface area contributed by atoms with Gasteiger partial charge in [0.05, 0.1) is 5.56 Å². The number of pyridine rings is 1. The fourth-order valence-electron chi connectivity index (χ4n) is 2.10. The molecule has 1 heterocycles. The minimum Gasteiger partial charge on any atom is -0.312 e. The van der Waals surface area contributed by atoms with Gasteiger partial charge in [-0.25, -0.2) is 9.18 Å². The summed E-state index contributed by atoms with van der Waals surface area (Å²) in [5.74, 6) is -1.07. The second-order valence-corrected chi connectivity index (χ2v) is 4.93. The minimum absolute atomic E-state index is 0.224. The van der Waals surface area contributed by atoms with Crippen molar-refractivity contribution >= 4 is 11.7 Å². The number of carbonyl (C=O) groups excluding carboxylic acids is 1. The van der Waals surface area contributed by atoms with Crippen molar-refractivity contribution in [3.8, 4) is 0 Å². The number of rotatable bonds is 4. The Labute approximate surface area is 138 Å². The zero-order valence-corrected chi connectivity index (χ0v) is 12.6. The van der Waals surface area contributed by atoms with Gasteiger partial charge >= 0.3 is 5.97 Å². The van der Waals surface area contributed by atoms with E-state index in [4.69, 9.17) is 4.84 Å². The number of nitrogens with zero attached hydrogens (tertiary/aromatic N) is 2. The van der Waals surface area contributed by atoms with Crippen LogP contribution in [0.25, 0.3) is 0 Å². The standard InChI is InChI=1S/C19H13FN2O2/c20-17-8-6-16(7-9-17)19(23)24-22-18(14-4-2-1-3-5-14)15-10-12-21-13-11-15/h1-13H. The molecule has 0 aliphatic rings. The first-order valence-corrected chi connectivity index (χ1v) is 7.25. The van der Waals surface area contributed by atoms with Crippen molar-refractivity contribution in [2.75, 3.05) is 0 Å². The van der Waals surface area contributed by atoms with Crippen molar-refractivity contribution in [3.05, 3.63) is 102 Å². The topological polar surface area (TPSA) is 51.5 Å². The van der Waals surface area contributed by atoms with Crippen LogP contribution in [0.5, 0.6) is 0 Å². The maximum atomic E-state index is 12.9. The van der Waals surface area contributed by atoms with Gasteiger partial charge in [-0.15, -0.1) is 0 Å². The first-order valence-electron chi connectivity index (χ1n) is 7.25. The molecule has 118 valence electrons. The number of carbonyl (C=O) groups is 1. The quantitative estimate of drug-likeness (QED) is 0.417. The average Bonchev–Trinajstić information content (AvgIpc) is 2.64. The molecule has 2 aromatic carbocycles. The molecule has 24 heavy (non-hydrogen) atoms. The molecule has 0 saturated carbocycles. The molecule has 0 radical (unpaired) electrons. The van der Waals surface area contributed by atoms with Gasteiger partial charge in [0.15, 0.2) is 0 Å². The van der Waals surface area contributed by atoms with Gasteiger partial charge in [0.25, 0.3) is 0 Å². The second-order valence-electron chi connectivity index (χ2n) is 4.93. The number of hydrogen-bond acceptors (Lipinski definition) is 4. The molecule has 4 nitrogen and oxygen atoms in total. The van der Waals surface area contributed by atoms with Crippen LogP contribution < -0.4 is 0 Å². The van der Waals surface area contributed by atoms with Gasteiger partial charge in [-0.05, 0) is 36.4 Å². The van der Waals surface area contributed by atoms with Crippen molar-refractivity contribution in [1.82, 2.24) is 4.98 Å². The number of oxime groups is 1. The molecule has 0 unspecified atom stereocenters. The highest BCUT2D eigenvalue weighted by Gasteiger charge is 2.11. The molecule has 0 atom stereocenters. The molecule has 5 heteroatoms. The fraction of sp³-hybridized carbons (Fsp3) is 0. The summed E-state index contributed by atoms with van der Waals surface area (Å²) in [5, 5.41) is 4.01. The summed E-state index contributed by atoms with van der Waals surface area (Å²) in [4.78, 5) is 21.1. The molecular formula is C19H13FN2O2. The molecule has 0 amide bonds. The predicted molar refractivity (Wildman–Crippen MR) is 88.1 cm³/mol. The lowest BCUT2D eigenvalue weighted by atomic mass is 10.0. The van der Waals surface area contributed by atoms with Crippen molar-refractivity contribution < 1.29 is 14.0 Å². The van der Waals surface area contributed by atoms with E-state index in [9.17, 15) is 9.18 Å². The van der Waals surface area contributed by atoms with Crippen LogP contribution in [0.15, 0.2) is 84.3 Å². The summed E-state index contributed by atoms with van der Waals surface area (Å²) >= 11 is 0. The van der Waals surface area contributed by atoms with E-state index in [1.165, 1.54) is 24.3 Å². The van der Waals surface area contributed by atoms with Gasteiger partial charge in [-0.2, -0.15) is 0 Å². The Morgan fingerprint density at radius 3 is 2.12 bits per heavy atom. The van der Waals surface area contributed by atoms with E-state index in [0.29, 0.717) is 5.71 Å². The number of halogens is 1. The first-order chi connectivity index (χ1) is 11.7. The fourth-order valence-corrected chi connectivity index (χ4v) is 2.10. The van der Waals surface area contributed by atoms with Crippen LogP contribution in [0.3, 0.4) is 0 Å². The third kappa shape index (κ3) is 3.70. The van der Waals surface area contributed by atoms with E-state index in [0.717, 1.165) is 11.1 Å². The molecule has 3 rings (SSSR count). The largest absolute Gasteiger partial charge is 0.365 e. The van der Waals surface area contributed by atoms with E-state index >= 15 is 0 Å². The lowest BCUT2D eigenvalue weighted by molar-refractivity contribution is 0.0517. The lowest BCUT2D eigenvalue weighted by Gasteiger charge is -2.06. The SMILES string of the molecule is O=C(ON=C(c1ccccc1)c1ccncc1)c1ccc(F)cc1. The Balaban J connectivity index is 1.90. The highest BCUT2D eigenvalue weighted by Crippen LogP contribution is 2.12. The normalized spacial score (nSPS) is 11.1. The van der Waals surface area contributed by atoms with Gasteiger partial charge in [0, 0.05) is 23.5 Å². The van der Waals surface area contributed by atoms with E-state index in [2.05, 4.69) is 10.1 Å². The zero-order valence-electron chi connectivity index (χ0n) is 12.6. The number of aromatic nitrogens is 1. The summed E-state index contributed by atoms with van der Waals surface area (Å²) in [6, 6.07) is 18.0. The van der Waals surface area contributed by atoms with Crippen molar-refractivity contribution in [2.24, 2.45) is 5.16 Å². The third-order valence-electron chi connectivity index (χ3n) is 3.30. The summed E-state index contributed by atoms with van der Waals surface area (Å²) in [6.07, 6.45) is 3.27. The van der Waals surface area contributed by atoms with Gasteiger partial charge < -0.3 is 4.84 Å². The molecule has 0 spiro atoms. The van der Waals surface area contributed by atoms with Crippen LogP contribution in [0.4, 0.5) is 4.39 Å². The summed E-state index contributed by atoms with van der Waals surface area (Å²) in [6.45, 7) is 0. The molecule has 3 aromatic rings. The van der Waals surface area contributed by atoms with Crippen molar-refractivity contribution in [2.45, 2.75) is 0 Å². The third-order valence-corrected chi connectivity index (χ3v) is 3.30. The highest BCUT2D eigenvalue weighted by molar-refractivity contribution is 6.12. The molecule has 0 bridgehead atoms. The maximum Gasteiger partial charge on any atom is 0.365 e. The van der Waals surface area contributed by atoms with Crippen LogP contribution >= 0.6 is 0 Å². The monoisotopic (exact) mass is 320 g/mol. The Kier molecular flexibility index (Phi) is 4.72. The zero-order chi connectivity index (χ0) is 16.8. The van der Waals surface area contributed by atoms with Crippen LogP contribution in [0.2, 0.25) is 0 Å². The van der Waals surface area contributed by atoms with Crippen molar-refractivity contribution in [3.63, 3.8) is 0 Å². The van der Waals surface area contributed by atoms with Gasteiger partial charge in [0.1, 0.15) is 11.5 Å². The average molecular weight is 320 g/mol. The van der Waals surface area contributed by atoms with E-state index in [-0.39, 0.29) is 5.56 Å². The molecule has 0 saturated heterocycles. The Bertz CT molecular complexity index is 806. The smallest absolute Gasteiger partial charge is 0.312 e. The number of hydrogen-bond donors (Lipinski definition) is 0. The second kappa shape index (κ2) is 7.28. The summed E-state index contributed by atoms with van der Waals surface area (Å²) in [5.41, 5.74) is 2.30. The Morgan fingerprint density at radius 1 is 0.833 bits per heavy atom. The summed E-state index contributed by atoms with van der Waals surface area (Å²) < 4.78 is 12.9. The molecular weight excluding hydrogens is 307 g/mol. The van der Waals surface area contributed by atoms with Crippen LogP contribution in [-0.4, -0.2) is 16.7 Å². The van der Waals surface area contributed by atoms with Gasteiger partial charge in [-0.1, -0.05) is 35.5 Å². The molecule has 0 aliphatic carbocycles.